The number of nitrogens with zero attached hydrogens (tertiary/aromatic N) is 3. The van der Waals surface area contributed by atoms with E-state index >= 15 is 0 Å². The van der Waals surface area contributed by atoms with E-state index in [4.69, 9.17) is 4.74 Å². The summed E-state index contributed by atoms with van der Waals surface area (Å²) in [6.45, 7) is 3.28. The molecule has 33 heavy (non-hydrogen) atoms. The number of ether oxygens (including phenoxy) is 1. The molecule has 0 spiro atoms. The lowest BCUT2D eigenvalue weighted by Crippen LogP contribution is -2.45. The number of piperidine rings is 1. The van der Waals surface area contributed by atoms with Crippen molar-refractivity contribution < 1.29 is 14.6 Å². The minimum atomic E-state index is -0.495. The van der Waals surface area contributed by atoms with Crippen molar-refractivity contribution in [2.75, 3.05) is 19.6 Å². The lowest BCUT2D eigenvalue weighted by atomic mass is 10.0. The van der Waals surface area contributed by atoms with Crippen LogP contribution in [0.1, 0.15) is 24.8 Å². The summed E-state index contributed by atoms with van der Waals surface area (Å²) in [7, 11) is 0. The van der Waals surface area contributed by atoms with Crippen molar-refractivity contribution in [2.45, 2.75) is 38.0 Å². The molecule has 2 aliphatic heterocycles. The van der Waals surface area contributed by atoms with Gasteiger partial charge in [0.2, 0.25) is 5.91 Å². The van der Waals surface area contributed by atoms with Crippen LogP contribution in [0.5, 0.6) is 10.9 Å². The average molecular weight is 463 g/mol. The van der Waals surface area contributed by atoms with E-state index in [1.165, 1.54) is 10.9 Å². The number of aliphatic hydroxyl groups is 1. The van der Waals surface area contributed by atoms with Crippen molar-refractivity contribution in [2.24, 2.45) is 0 Å². The molecule has 0 saturated carbocycles. The van der Waals surface area contributed by atoms with Crippen LogP contribution in [0, 0.1) is 0 Å². The monoisotopic (exact) mass is 462 g/mol. The molecule has 4 heterocycles. The lowest BCUT2D eigenvalue weighted by Gasteiger charge is -2.36. The van der Waals surface area contributed by atoms with Crippen LogP contribution in [0.2, 0.25) is 0 Å². The van der Waals surface area contributed by atoms with E-state index in [9.17, 15) is 9.90 Å². The zero-order chi connectivity index (χ0) is 22.4. The van der Waals surface area contributed by atoms with E-state index in [2.05, 4.69) is 33.2 Å². The summed E-state index contributed by atoms with van der Waals surface area (Å²) >= 11 is 1.55. The van der Waals surface area contributed by atoms with Gasteiger partial charge in [-0.05, 0) is 42.7 Å². The third kappa shape index (κ3) is 4.10. The van der Waals surface area contributed by atoms with Crippen LogP contribution in [0.15, 0.2) is 48.7 Å². The Kier molecular flexibility index (Phi) is 5.28. The predicted octanol–water partition coefficient (Wildman–Crippen LogP) is 4.13. The second-order valence-corrected chi connectivity index (χ2v) is 9.98. The Labute approximate surface area is 195 Å². The molecule has 7 nitrogen and oxygen atoms in total. The molecule has 2 aliphatic rings. The number of para-hydroxylation sites is 1. The summed E-state index contributed by atoms with van der Waals surface area (Å²) in [6.07, 6.45) is 3.78. The van der Waals surface area contributed by atoms with Crippen molar-refractivity contribution in [3.05, 3.63) is 54.2 Å². The Morgan fingerprint density at radius 1 is 1.18 bits per heavy atom. The Balaban J connectivity index is 1.11. The molecule has 0 radical (unpaired) electrons. The first-order chi connectivity index (χ1) is 16.1. The SMILES string of the molecule is O=C1C[C@@H](O)CN1C1CCN(Cc2c[nH]c3cc(Oc4nc5ccccc5s4)ccc23)CC1. The number of carbonyl (C=O) groups excluding carboxylic acids is 1. The number of nitrogens with one attached hydrogen (secondary N) is 1. The van der Waals surface area contributed by atoms with Gasteiger partial charge in [-0.2, -0.15) is 0 Å². The first kappa shape index (κ1) is 20.7. The number of aliphatic hydroxyl groups excluding tert-OH is 1. The number of hydrogen-bond donors (Lipinski definition) is 2. The topological polar surface area (TPSA) is 81.7 Å². The molecule has 2 aromatic carbocycles. The summed E-state index contributed by atoms with van der Waals surface area (Å²) < 4.78 is 7.15. The summed E-state index contributed by atoms with van der Waals surface area (Å²) in [5, 5.41) is 11.6. The Morgan fingerprint density at radius 3 is 2.82 bits per heavy atom. The molecule has 0 unspecified atom stereocenters. The fourth-order valence-corrected chi connectivity index (χ4v) is 5.89. The van der Waals surface area contributed by atoms with Gasteiger partial charge in [-0.1, -0.05) is 23.5 Å². The maximum Gasteiger partial charge on any atom is 0.279 e. The molecule has 2 saturated heterocycles. The van der Waals surface area contributed by atoms with E-state index in [-0.39, 0.29) is 18.4 Å². The molecule has 2 aromatic heterocycles. The van der Waals surface area contributed by atoms with Gasteiger partial charge >= 0.3 is 0 Å². The van der Waals surface area contributed by atoms with Crippen LogP contribution in [0.3, 0.4) is 0 Å². The molecule has 2 fully saturated rings. The number of carbonyl (C=O) groups is 1. The fraction of sp³-hybridized carbons (Fsp3) is 0.360. The second-order valence-electron chi connectivity index (χ2n) is 8.98. The number of likely N-dealkylation sites (tertiary alicyclic amines) is 2. The first-order valence-corrected chi connectivity index (χ1v) is 12.3. The van der Waals surface area contributed by atoms with E-state index < -0.39 is 6.10 Å². The molecule has 8 heteroatoms. The van der Waals surface area contributed by atoms with Gasteiger partial charge in [0, 0.05) is 55.4 Å². The van der Waals surface area contributed by atoms with E-state index in [1.807, 2.05) is 35.2 Å². The van der Waals surface area contributed by atoms with Crippen LogP contribution >= 0.6 is 11.3 Å². The highest BCUT2D eigenvalue weighted by atomic mass is 32.1. The highest BCUT2D eigenvalue weighted by Crippen LogP contribution is 2.33. The maximum absolute atomic E-state index is 12.1. The summed E-state index contributed by atoms with van der Waals surface area (Å²) in [5.74, 6) is 0.870. The lowest BCUT2D eigenvalue weighted by molar-refractivity contribution is -0.130. The fourth-order valence-electron chi connectivity index (χ4n) is 5.05. The summed E-state index contributed by atoms with van der Waals surface area (Å²) in [4.78, 5) is 24.4. The normalized spacial score (nSPS) is 20.3. The predicted molar refractivity (Wildman–Crippen MR) is 129 cm³/mol. The van der Waals surface area contributed by atoms with E-state index in [1.54, 1.807) is 11.3 Å². The van der Waals surface area contributed by atoms with E-state index in [0.29, 0.717) is 11.7 Å². The van der Waals surface area contributed by atoms with Crippen LogP contribution in [-0.2, 0) is 11.3 Å². The number of thiazole rings is 1. The van der Waals surface area contributed by atoms with Gasteiger partial charge in [0.25, 0.3) is 5.19 Å². The minimum Gasteiger partial charge on any atom is -0.431 e. The highest BCUT2D eigenvalue weighted by molar-refractivity contribution is 7.20. The quantitative estimate of drug-likeness (QED) is 0.466. The zero-order valence-electron chi connectivity index (χ0n) is 18.2. The highest BCUT2D eigenvalue weighted by Gasteiger charge is 2.34. The number of hydrogen-bond acceptors (Lipinski definition) is 6. The molecule has 6 rings (SSSR count). The molecular weight excluding hydrogens is 436 g/mol. The van der Waals surface area contributed by atoms with Gasteiger partial charge in [0.15, 0.2) is 0 Å². The van der Waals surface area contributed by atoms with E-state index in [0.717, 1.165) is 54.0 Å². The number of H-pyrrole nitrogens is 1. The van der Waals surface area contributed by atoms with Gasteiger partial charge < -0.3 is 19.7 Å². The number of β-amino-alcohol motifs (C(OH)–C–C–N with tert-alkyl or cyclic N) is 1. The van der Waals surface area contributed by atoms with Crippen molar-refractivity contribution >= 4 is 38.4 Å². The van der Waals surface area contributed by atoms with Crippen molar-refractivity contribution in [3.8, 4) is 10.9 Å². The number of aromatic amines is 1. The third-order valence-corrected chi connectivity index (χ3v) is 7.66. The van der Waals surface area contributed by atoms with Crippen molar-refractivity contribution in [3.63, 3.8) is 0 Å². The number of aromatic nitrogens is 2. The maximum atomic E-state index is 12.1. The first-order valence-electron chi connectivity index (χ1n) is 11.5. The average Bonchev–Trinajstić information content (AvgIpc) is 3.50. The Bertz CT molecular complexity index is 1270. The number of amides is 1. The largest absolute Gasteiger partial charge is 0.431 e. The standard InChI is InChI=1S/C25H26N4O3S/c30-18-11-24(31)29(15-18)17-7-9-28(10-8-17)14-16-13-26-22-12-19(5-6-20(16)22)32-25-27-21-3-1-2-4-23(21)33-25/h1-6,12-13,17-18,26,30H,7-11,14-15H2/t18-/m1/s1. The molecule has 0 bridgehead atoms. The Morgan fingerprint density at radius 2 is 2.03 bits per heavy atom. The smallest absolute Gasteiger partial charge is 0.279 e. The molecule has 4 aromatic rings. The van der Waals surface area contributed by atoms with Crippen LogP contribution in [-0.4, -0.2) is 62.6 Å². The van der Waals surface area contributed by atoms with Crippen LogP contribution in [0.25, 0.3) is 21.1 Å². The summed E-state index contributed by atoms with van der Waals surface area (Å²) in [6, 6.07) is 14.4. The molecule has 1 amide bonds. The molecular formula is C25H26N4O3S. The van der Waals surface area contributed by atoms with Gasteiger partial charge in [-0.3, -0.25) is 9.69 Å². The van der Waals surface area contributed by atoms with Crippen molar-refractivity contribution in [1.29, 1.82) is 0 Å². The number of fused-ring (bicyclic) bond motifs is 2. The molecule has 2 N–H and O–H groups in total. The second kappa shape index (κ2) is 8.44. The van der Waals surface area contributed by atoms with Crippen molar-refractivity contribution in [1.82, 2.24) is 19.8 Å². The molecule has 170 valence electrons. The van der Waals surface area contributed by atoms with Gasteiger partial charge in [0.1, 0.15) is 5.75 Å². The Hall–Kier alpha value is -2.94. The van der Waals surface area contributed by atoms with Gasteiger partial charge in [-0.25, -0.2) is 4.98 Å². The van der Waals surface area contributed by atoms with Gasteiger partial charge in [-0.15, -0.1) is 0 Å². The summed E-state index contributed by atoms with van der Waals surface area (Å²) in [5.41, 5.74) is 3.27. The van der Waals surface area contributed by atoms with Gasteiger partial charge in [0.05, 0.1) is 22.7 Å². The van der Waals surface area contributed by atoms with Crippen LogP contribution in [0.4, 0.5) is 0 Å². The number of benzene rings is 2. The van der Waals surface area contributed by atoms with Crippen LogP contribution < -0.4 is 4.74 Å². The zero-order valence-corrected chi connectivity index (χ0v) is 19.1. The third-order valence-electron chi connectivity index (χ3n) is 6.75. The minimum absolute atomic E-state index is 0.0986. The molecule has 1 atom stereocenters. The number of rotatable bonds is 5. The molecule has 0 aliphatic carbocycles.